The number of aryl methyl sites for hydroxylation is 2. The molecule has 144 valence electrons. The van der Waals surface area contributed by atoms with Crippen LogP contribution in [-0.2, 0) is 6.54 Å². The van der Waals surface area contributed by atoms with Crippen molar-refractivity contribution in [2.45, 2.75) is 46.1 Å². The summed E-state index contributed by atoms with van der Waals surface area (Å²) in [6, 6.07) is 8.31. The number of hydrogen-bond donors (Lipinski definition) is 0. The predicted molar refractivity (Wildman–Crippen MR) is 110 cm³/mol. The third-order valence-electron chi connectivity index (χ3n) is 5.96. The van der Waals surface area contributed by atoms with Crippen molar-refractivity contribution in [3.63, 3.8) is 0 Å². The van der Waals surface area contributed by atoms with Crippen LogP contribution >= 0.6 is 11.3 Å². The van der Waals surface area contributed by atoms with Gasteiger partial charge in [0.05, 0.1) is 10.6 Å². The summed E-state index contributed by atoms with van der Waals surface area (Å²) >= 11 is 1.58. The predicted octanol–water partition coefficient (Wildman–Crippen LogP) is 4.28. The molecule has 0 aliphatic carbocycles. The smallest absolute Gasteiger partial charge is 0.263 e. The molecule has 1 spiro atoms. The molecule has 2 aromatic rings. The molecule has 27 heavy (non-hydrogen) atoms. The minimum absolute atomic E-state index is 0.227. The third-order valence-corrected chi connectivity index (χ3v) is 7.00. The first-order valence-corrected chi connectivity index (χ1v) is 10.9. The molecule has 2 saturated heterocycles. The van der Waals surface area contributed by atoms with Gasteiger partial charge in [-0.25, -0.2) is 0 Å². The minimum Gasteiger partial charge on any atom is -0.337 e. The van der Waals surface area contributed by atoms with E-state index in [0.29, 0.717) is 0 Å². The van der Waals surface area contributed by atoms with E-state index in [9.17, 15) is 4.79 Å². The van der Waals surface area contributed by atoms with Gasteiger partial charge in [-0.2, -0.15) is 0 Å². The SMILES string of the molecule is Cc1csc(C(=O)N2CCCC3(CCCN(Cc4cccc(C)n4)C3)C2)c1. The Balaban J connectivity index is 1.44. The number of rotatable bonds is 3. The molecular weight excluding hydrogens is 354 g/mol. The Labute approximate surface area is 166 Å². The lowest BCUT2D eigenvalue weighted by Crippen LogP contribution is -2.53. The van der Waals surface area contributed by atoms with Crippen LogP contribution in [0.25, 0.3) is 0 Å². The lowest BCUT2D eigenvalue weighted by Gasteiger charge is -2.48. The van der Waals surface area contributed by atoms with Crippen molar-refractivity contribution < 1.29 is 4.79 Å². The molecule has 0 bridgehead atoms. The highest BCUT2D eigenvalue weighted by Gasteiger charge is 2.40. The average molecular weight is 384 g/mol. The lowest BCUT2D eigenvalue weighted by atomic mass is 9.73. The van der Waals surface area contributed by atoms with Crippen molar-refractivity contribution in [2.24, 2.45) is 5.41 Å². The number of nitrogens with zero attached hydrogens (tertiary/aromatic N) is 3. The molecule has 0 N–H and O–H groups in total. The van der Waals surface area contributed by atoms with Gasteiger partial charge in [0.25, 0.3) is 5.91 Å². The molecule has 4 nitrogen and oxygen atoms in total. The number of likely N-dealkylation sites (tertiary alicyclic amines) is 2. The van der Waals surface area contributed by atoms with E-state index in [-0.39, 0.29) is 11.3 Å². The van der Waals surface area contributed by atoms with Gasteiger partial charge in [-0.3, -0.25) is 14.7 Å². The molecule has 1 atom stereocenters. The first-order valence-electron chi connectivity index (χ1n) is 10.0. The van der Waals surface area contributed by atoms with Crippen LogP contribution in [0.15, 0.2) is 29.6 Å². The Morgan fingerprint density at radius 1 is 1.19 bits per heavy atom. The molecule has 4 rings (SSSR count). The molecule has 1 amide bonds. The summed E-state index contributed by atoms with van der Waals surface area (Å²) in [5.74, 6) is 0.227. The average Bonchev–Trinajstić information content (AvgIpc) is 3.08. The highest BCUT2D eigenvalue weighted by molar-refractivity contribution is 7.12. The molecule has 1 unspecified atom stereocenters. The number of thiophene rings is 1. The van der Waals surface area contributed by atoms with Crippen molar-refractivity contribution in [1.82, 2.24) is 14.8 Å². The van der Waals surface area contributed by atoms with Gasteiger partial charge in [0.1, 0.15) is 0 Å². The van der Waals surface area contributed by atoms with E-state index >= 15 is 0 Å². The number of aromatic nitrogens is 1. The van der Waals surface area contributed by atoms with Gasteiger partial charge < -0.3 is 4.90 Å². The molecule has 0 aromatic carbocycles. The van der Waals surface area contributed by atoms with E-state index < -0.39 is 0 Å². The number of carbonyl (C=O) groups is 1. The Kier molecular flexibility index (Phi) is 5.33. The Morgan fingerprint density at radius 2 is 2.00 bits per heavy atom. The van der Waals surface area contributed by atoms with E-state index in [0.717, 1.165) is 55.4 Å². The van der Waals surface area contributed by atoms with Crippen LogP contribution in [0.4, 0.5) is 0 Å². The number of amides is 1. The quantitative estimate of drug-likeness (QED) is 0.794. The van der Waals surface area contributed by atoms with Crippen molar-refractivity contribution in [3.05, 3.63) is 51.5 Å². The van der Waals surface area contributed by atoms with Crippen molar-refractivity contribution in [2.75, 3.05) is 26.2 Å². The van der Waals surface area contributed by atoms with Gasteiger partial charge in [-0.1, -0.05) is 6.07 Å². The number of pyridine rings is 1. The van der Waals surface area contributed by atoms with Crippen LogP contribution in [0.1, 0.15) is 52.3 Å². The molecule has 0 saturated carbocycles. The Morgan fingerprint density at radius 3 is 2.74 bits per heavy atom. The molecule has 2 aliphatic heterocycles. The van der Waals surface area contributed by atoms with Crippen LogP contribution in [0.2, 0.25) is 0 Å². The highest BCUT2D eigenvalue weighted by atomic mass is 32.1. The normalized spacial score (nSPS) is 23.7. The maximum Gasteiger partial charge on any atom is 0.263 e. The second-order valence-corrected chi connectivity index (χ2v) is 9.31. The van der Waals surface area contributed by atoms with Crippen molar-refractivity contribution in [1.29, 1.82) is 0 Å². The molecule has 2 fully saturated rings. The first-order chi connectivity index (χ1) is 13.0. The summed E-state index contributed by atoms with van der Waals surface area (Å²) in [4.78, 5) is 23.2. The van der Waals surface area contributed by atoms with Gasteiger partial charge in [-0.15, -0.1) is 11.3 Å². The van der Waals surface area contributed by atoms with Crippen LogP contribution < -0.4 is 0 Å². The molecule has 2 aliphatic rings. The van der Waals surface area contributed by atoms with E-state index in [2.05, 4.69) is 52.2 Å². The maximum absolute atomic E-state index is 13.0. The number of piperidine rings is 2. The lowest BCUT2D eigenvalue weighted by molar-refractivity contribution is 0.0112. The van der Waals surface area contributed by atoms with E-state index in [1.807, 2.05) is 6.07 Å². The van der Waals surface area contributed by atoms with Crippen LogP contribution in [0.3, 0.4) is 0 Å². The first kappa shape index (κ1) is 18.6. The zero-order valence-corrected chi connectivity index (χ0v) is 17.2. The fraction of sp³-hybridized carbons (Fsp3) is 0.545. The van der Waals surface area contributed by atoms with Gasteiger partial charge in [0.15, 0.2) is 0 Å². The Bertz CT molecular complexity index is 813. The fourth-order valence-electron chi connectivity index (χ4n) is 4.78. The minimum atomic E-state index is 0.227. The summed E-state index contributed by atoms with van der Waals surface area (Å²) in [6.07, 6.45) is 4.80. The summed E-state index contributed by atoms with van der Waals surface area (Å²) in [5.41, 5.74) is 3.68. The summed E-state index contributed by atoms with van der Waals surface area (Å²) in [7, 11) is 0. The molecule has 5 heteroatoms. The summed E-state index contributed by atoms with van der Waals surface area (Å²) < 4.78 is 0. The molecular formula is C22H29N3OS. The van der Waals surface area contributed by atoms with Crippen LogP contribution in [0.5, 0.6) is 0 Å². The molecule has 0 radical (unpaired) electrons. The summed E-state index contributed by atoms with van der Waals surface area (Å²) in [5, 5.41) is 2.07. The van der Waals surface area contributed by atoms with Gasteiger partial charge in [0.2, 0.25) is 0 Å². The van der Waals surface area contributed by atoms with E-state index in [1.165, 1.54) is 24.8 Å². The molecule has 4 heterocycles. The third kappa shape index (κ3) is 4.25. The van der Waals surface area contributed by atoms with Crippen molar-refractivity contribution >= 4 is 17.2 Å². The van der Waals surface area contributed by atoms with Gasteiger partial charge in [0, 0.05) is 37.3 Å². The second-order valence-electron chi connectivity index (χ2n) is 8.40. The fourth-order valence-corrected chi connectivity index (χ4v) is 5.64. The van der Waals surface area contributed by atoms with Crippen molar-refractivity contribution in [3.8, 4) is 0 Å². The zero-order chi connectivity index (χ0) is 18.9. The largest absolute Gasteiger partial charge is 0.337 e. The van der Waals surface area contributed by atoms with E-state index in [1.54, 1.807) is 11.3 Å². The van der Waals surface area contributed by atoms with Crippen LogP contribution in [0, 0.1) is 19.3 Å². The second kappa shape index (κ2) is 7.72. The van der Waals surface area contributed by atoms with Gasteiger partial charge >= 0.3 is 0 Å². The standard InChI is InChI=1S/C22H29N3OS/c1-17-12-20(27-14-17)21(26)25-11-5-9-22(16-25)8-4-10-24(15-22)13-19-7-3-6-18(2)23-19/h3,6-7,12,14H,4-5,8-11,13,15-16H2,1-2H3. The van der Waals surface area contributed by atoms with E-state index in [4.69, 9.17) is 0 Å². The number of carbonyl (C=O) groups excluding carboxylic acids is 1. The topological polar surface area (TPSA) is 36.4 Å². The Hall–Kier alpha value is -1.72. The summed E-state index contributed by atoms with van der Waals surface area (Å²) in [6.45, 7) is 9.05. The monoisotopic (exact) mass is 383 g/mol. The zero-order valence-electron chi connectivity index (χ0n) is 16.4. The van der Waals surface area contributed by atoms with Gasteiger partial charge in [-0.05, 0) is 75.2 Å². The maximum atomic E-state index is 13.0. The molecule has 2 aromatic heterocycles. The van der Waals surface area contributed by atoms with Crippen LogP contribution in [-0.4, -0.2) is 46.9 Å². The number of hydrogen-bond acceptors (Lipinski definition) is 4. The highest BCUT2D eigenvalue weighted by Crippen LogP contribution is 2.39.